The summed E-state index contributed by atoms with van der Waals surface area (Å²) in [5.41, 5.74) is 1.82. The van der Waals surface area contributed by atoms with Crippen molar-refractivity contribution in [2.45, 2.75) is 49.3 Å². The van der Waals surface area contributed by atoms with Gasteiger partial charge in [0.25, 0.3) is 5.91 Å². The lowest BCUT2D eigenvalue weighted by Gasteiger charge is -2.37. The van der Waals surface area contributed by atoms with E-state index in [-0.39, 0.29) is 5.91 Å². The average molecular weight is 503 g/mol. The minimum absolute atomic E-state index is 0.0608. The van der Waals surface area contributed by atoms with Crippen LogP contribution in [0.5, 0.6) is 0 Å². The third-order valence-electron chi connectivity index (χ3n) is 6.96. The zero-order chi connectivity index (χ0) is 23.5. The molecule has 3 aliphatic heterocycles. The number of aromatic nitrogens is 2. The topological polar surface area (TPSA) is 67.8 Å². The van der Waals surface area contributed by atoms with Gasteiger partial charge in [0, 0.05) is 56.4 Å². The van der Waals surface area contributed by atoms with Crippen molar-refractivity contribution in [3.8, 4) is 0 Å². The zero-order valence-electron chi connectivity index (χ0n) is 19.5. The number of hydrogen-bond acceptors (Lipinski definition) is 7. The van der Waals surface area contributed by atoms with E-state index < -0.39 is 5.79 Å². The Morgan fingerprint density at radius 1 is 1.09 bits per heavy atom. The lowest BCUT2D eigenvalue weighted by atomic mass is 9.99. The molecular formula is C25H31ClN4O3S. The maximum atomic E-state index is 12.9. The van der Waals surface area contributed by atoms with E-state index >= 15 is 0 Å². The highest BCUT2D eigenvalue weighted by molar-refractivity contribution is 7.98. The van der Waals surface area contributed by atoms with Crippen LogP contribution in [0.15, 0.2) is 35.5 Å². The van der Waals surface area contributed by atoms with Crippen LogP contribution in [0.4, 0.5) is 5.82 Å². The van der Waals surface area contributed by atoms with E-state index in [1.54, 1.807) is 11.8 Å². The molecule has 0 N–H and O–H groups in total. The number of piperidine rings is 2. The van der Waals surface area contributed by atoms with Crippen molar-refractivity contribution in [1.29, 1.82) is 0 Å². The Morgan fingerprint density at radius 2 is 1.76 bits per heavy atom. The van der Waals surface area contributed by atoms with Gasteiger partial charge >= 0.3 is 0 Å². The zero-order valence-corrected chi connectivity index (χ0v) is 21.1. The number of rotatable bonds is 5. The highest BCUT2D eigenvalue weighted by atomic mass is 35.5. The average Bonchev–Trinajstić information content (AvgIpc) is 3.31. The lowest BCUT2D eigenvalue weighted by Crippen LogP contribution is -2.47. The Hall–Kier alpha value is -1.87. The molecule has 1 aromatic carbocycles. The van der Waals surface area contributed by atoms with Crippen molar-refractivity contribution in [1.82, 2.24) is 14.9 Å². The Bertz CT molecular complexity index is 998. The van der Waals surface area contributed by atoms with Crippen molar-refractivity contribution in [3.63, 3.8) is 0 Å². The summed E-state index contributed by atoms with van der Waals surface area (Å²) in [6.07, 6.45) is 3.81. The summed E-state index contributed by atoms with van der Waals surface area (Å²) in [6.45, 7) is 6.91. The number of nitrogens with zero attached hydrogens (tertiary/aromatic N) is 4. The Morgan fingerprint density at radius 3 is 2.44 bits per heavy atom. The minimum Gasteiger partial charge on any atom is -0.356 e. The monoisotopic (exact) mass is 502 g/mol. The molecule has 1 aromatic heterocycles. The minimum atomic E-state index is -0.466. The molecule has 0 atom stereocenters. The Labute approximate surface area is 210 Å². The molecular weight excluding hydrogens is 472 g/mol. The number of benzene rings is 1. The number of anilines is 1. The number of carbonyl (C=O) groups excluding carboxylic acids is 1. The first-order valence-corrected chi connectivity index (χ1v) is 13.4. The number of carbonyl (C=O) groups is 1. The van der Waals surface area contributed by atoms with Gasteiger partial charge in [-0.05, 0) is 36.5 Å². The molecule has 5 rings (SSSR count). The molecule has 7 nitrogen and oxygen atoms in total. The quantitative estimate of drug-likeness (QED) is 0.335. The third-order valence-corrected chi connectivity index (χ3v) is 8.08. The lowest BCUT2D eigenvalue weighted by molar-refractivity contribution is -0.181. The summed E-state index contributed by atoms with van der Waals surface area (Å²) in [5.74, 6) is 1.98. The highest BCUT2D eigenvalue weighted by Crippen LogP contribution is 2.32. The Kier molecular flexibility index (Phi) is 7.30. The molecule has 0 aliphatic carbocycles. The van der Waals surface area contributed by atoms with Gasteiger partial charge in [-0.2, -0.15) is 0 Å². The van der Waals surface area contributed by atoms with Crippen molar-refractivity contribution >= 4 is 35.1 Å². The second-order valence-corrected chi connectivity index (χ2v) is 10.7. The summed E-state index contributed by atoms with van der Waals surface area (Å²) in [7, 11) is 0. The first kappa shape index (κ1) is 23.9. The van der Waals surface area contributed by atoms with Gasteiger partial charge in [0.15, 0.2) is 10.9 Å². The second kappa shape index (κ2) is 10.4. The van der Waals surface area contributed by atoms with E-state index in [4.69, 9.17) is 26.1 Å². The molecule has 4 heterocycles. The fourth-order valence-corrected chi connectivity index (χ4v) is 5.80. The molecule has 3 saturated heterocycles. The normalized spacial score (nSPS) is 20.8. The summed E-state index contributed by atoms with van der Waals surface area (Å²) in [6, 6.07) is 9.68. The van der Waals surface area contributed by atoms with Crippen LogP contribution in [-0.2, 0) is 15.2 Å². The molecule has 3 aliphatic rings. The third kappa shape index (κ3) is 5.51. The summed E-state index contributed by atoms with van der Waals surface area (Å²) in [5, 5.41) is 1.16. The fraction of sp³-hybridized carbons (Fsp3) is 0.560. The van der Waals surface area contributed by atoms with Gasteiger partial charge in [0.1, 0.15) is 11.0 Å². The van der Waals surface area contributed by atoms with Crippen LogP contribution >= 0.6 is 23.4 Å². The first-order chi connectivity index (χ1) is 16.5. The highest BCUT2D eigenvalue weighted by Gasteiger charge is 2.40. The van der Waals surface area contributed by atoms with E-state index in [1.807, 2.05) is 35.2 Å². The number of halogens is 1. The first-order valence-electron chi connectivity index (χ1n) is 12.1. The van der Waals surface area contributed by atoms with Crippen molar-refractivity contribution < 1.29 is 14.3 Å². The van der Waals surface area contributed by atoms with Crippen LogP contribution in [0.25, 0.3) is 0 Å². The molecule has 2 aromatic rings. The molecule has 182 valence electrons. The van der Waals surface area contributed by atoms with Gasteiger partial charge in [0.2, 0.25) is 0 Å². The fourth-order valence-electron chi connectivity index (χ4n) is 4.76. The van der Waals surface area contributed by atoms with Crippen molar-refractivity contribution in [2.24, 2.45) is 5.92 Å². The molecule has 0 unspecified atom stereocenters. The summed E-state index contributed by atoms with van der Waals surface area (Å²) < 4.78 is 11.5. The van der Waals surface area contributed by atoms with E-state index in [0.29, 0.717) is 47.9 Å². The maximum Gasteiger partial charge on any atom is 0.253 e. The molecule has 34 heavy (non-hydrogen) atoms. The van der Waals surface area contributed by atoms with E-state index in [0.717, 1.165) is 43.2 Å². The van der Waals surface area contributed by atoms with Crippen LogP contribution in [0.1, 0.15) is 48.5 Å². The predicted octanol–water partition coefficient (Wildman–Crippen LogP) is 4.64. The van der Waals surface area contributed by atoms with Gasteiger partial charge in [-0.25, -0.2) is 9.97 Å². The molecule has 9 heteroatoms. The van der Waals surface area contributed by atoms with Gasteiger partial charge in [-0.3, -0.25) is 4.79 Å². The summed E-state index contributed by atoms with van der Waals surface area (Å²) in [4.78, 5) is 26.3. The van der Waals surface area contributed by atoms with Gasteiger partial charge in [-0.15, -0.1) is 0 Å². The van der Waals surface area contributed by atoms with Gasteiger partial charge < -0.3 is 19.3 Å². The number of likely N-dealkylation sites (tertiary alicyclic amines) is 1. The van der Waals surface area contributed by atoms with E-state index in [1.165, 1.54) is 12.8 Å². The molecule has 0 saturated carbocycles. The molecule has 1 spiro atoms. The number of amides is 1. The molecule has 0 bridgehead atoms. The van der Waals surface area contributed by atoms with Gasteiger partial charge in [0.05, 0.1) is 13.2 Å². The predicted molar refractivity (Wildman–Crippen MR) is 133 cm³/mol. The van der Waals surface area contributed by atoms with Crippen LogP contribution < -0.4 is 4.90 Å². The molecule has 0 radical (unpaired) electrons. The number of thioether (sulfide) groups is 1. The van der Waals surface area contributed by atoms with Crippen molar-refractivity contribution in [2.75, 3.05) is 44.3 Å². The van der Waals surface area contributed by atoms with Crippen LogP contribution in [0.3, 0.4) is 0 Å². The smallest absolute Gasteiger partial charge is 0.253 e. The van der Waals surface area contributed by atoms with Crippen LogP contribution in [0, 0.1) is 5.92 Å². The maximum absolute atomic E-state index is 12.9. The van der Waals surface area contributed by atoms with Gasteiger partial charge in [-0.1, -0.05) is 42.4 Å². The van der Waals surface area contributed by atoms with Crippen LogP contribution in [0.2, 0.25) is 5.15 Å². The van der Waals surface area contributed by atoms with Crippen molar-refractivity contribution in [3.05, 3.63) is 46.6 Å². The Balaban J connectivity index is 1.16. The largest absolute Gasteiger partial charge is 0.356 e. The molecule has 3 fully saturated rings. The number of ether oxygens (including phenoxy) is 2. The van der Waals surface area contributed by atoms with Crippen LogP contribution in [-0.4, -0.2) is 66.0 Å². The second-order valence-electron chi connectivity index (χ2n) is 9.39. The SMILES string of the molecule is CC1CCN(c2cc(Cl)nc(SCc3ccc(C(=O)N4CCC5(CC4)OCCO5)cc3)n2)CC1. The molecule has 1 amide bonds. The summed E-state index contributed by atoms with van der Waals surface area (Å²) >= 11 is 7.86. The van der Waals surface area contributed by atoms with E-state index in [2.05, 4.69) is 16.8 Å². The standard InChI is InChI=1S/C25H31ClN4O3S/c1-18-6-10-29(11-7-18)22-16-21(26)27-24(28-22)34-17-19-2-4-20(5-3-19)23(31)30-12-8-25(9-13-30)32-14-15-33-25/h2-5,16,18H,6-15,17H2,1H3. The number of hydrogen-bond donors (Lipinski definition) is 0. The van der Waals surface area contributed by atoms with E-state index in [9.17, 15) is 4.79 Å².